The van der Waals surface area contributed by atoms with Gasteiger partial charge in [0.15, 0.2) is 0 Å². The van der Waals surface area contributed by atoms with Gasteiger partial charge in [-0.1, -0.05) is 18.2 Å². The van der Waals surface area contributed by atoms with Crippen LogP contribution in [0.2, 0.25) is 0 Å². The molecule has 5 nitrogen and oxygen atoms in total. The Hall–Kier alpha value is -2.17. The largest absolute Gasteiger partial charge is 0.480 e. The second kappa shape index (κ2) is 3.41. The number of hydrogen-bond donors (Lipinski definition) is 2. The van der Waals surface area contributed by atoms with Gasteiger partial charge in [-0.05, 0) is 18.9 Å². The van der Waals surface area contributed by atoms with Gasteiger partial charge in [-0.25, -0.2) is 14.8 Å². The molecule has 0 amide bonds. The molecule has 1 aromatic heterocycles. The highest BCUT2D eigenvalue weighted by molar-refractivity contribution is 5.86. The van der Waals surface area contributed by atoms with Gasteiger partial charge in [0.05, 0.1) is 5.52 Å². The number of carbonyl (C=O) groups is 1. The average Bonchev–Trinajstić information content (AvgIpc) is 3.10. The lowest BCUT2D eigenvalue weighted by atomic mass is 10.2. The van der Waals surface area contributed by atoms with Gasteiger partial charge in [0.25, 0.3) is 0 Å². The molecule has 5 heteroatoms. The van der Waals surface area contributed by atoms with Gasteiger partial charge in [0.2, 0.25) is 5.95 Å². The number of carboxylic acids is 1. The van der Waals surface area contributed by atoms with E-state index >= 15 is 0 Å². The smallest absolute Gasteiger partial charge is 0.329 e. The van der Waals surface area contributed by atoms with Gasteiger partial charge in [-0.15, -0.1) is 0 Å². The predicted octanol–water partition coefficient (Wildman–Crippen LogP) is 1.66. The van der Waals surface area contributed by atoms with E-state index in [0.29, 0.717) is 18.8 Å². The van der Waals surface area contributed by atoms with E-state index in [2.05, 4.69) is 15.3 Å². The molecule has 3 rings (SSSR count). The summed E-state index contributed by atoms with van der Waals surface area (Å²) in [5.74, 6) is -0.460. The van der Waals surface area contributed by atoms with E-state index < -0.39 is 11.5 Å². The minimum atomic E-state index is -0.845. The monoisotopic (exact) mass is 229 g/mol. The highest BCUT2D eigenvalue weighted by Crippen LogP contribution is 2.38. The van der Waals surface area contributed by atoms with Gasteiger partial charge in [0.1, 0.15) is 5.54 Å². The molecule has 0 bridgehead atoms. The van der Waals surface area contributed by atoms with Crippen molar-refractivity contribution in [2.75, 3.05) is 5.32 Å². The molecule has 0 spiro atoms. The lowest BCUT2D eigenvalue weighted by molar-refractivity contribution is -0.138. The number of carboxylic acid groups (broad SMARTS) is 1. The zero-order chi connectivity index (χ0) is 11.9. The summed E-state index contributed by atoms with van der Waals surface area (Å²) in [6, 6.07) is 7.60. The fourth-order valence-corrected chi connectivity index (χ4v) is 1.76. The summed E-state index contributed by atoms with van der Waals surface area (Å²) in [7, 11) is 0. The molecule has 2 aromatic rings. The van der Waals surface area contributed by atoms with Gasteiger partial charge in [-0.2, -0.15) is 0 Å². The molecule has 1 aliphatic carbocycles. The quantitative estimate of drug-likeness (QED) is 0.837. The number of aliphatic carboxylic acids is 1. The summed E-state index contributed by atoms with van der Waals surface area (Å²) >= 11 is 0. The standard InChI is InChI=1S/C12H11N3O2/c16-10(17)12(5-6-12)15-11-13-7-8-3-1-2-4-9(8)14-11/h1-4,7H,5-6H2,(H,16,17)(H,13,14,15). The molecule has 2 N–H and O–H groups in total. The van der Waals surface area contributed by atoms with Crippen molar-refractivity contribution in [3.63, 3.8) is 0 Å². The fourth-order valence-electron chi connectivity index (χ4n) is 1.76. The number of benzene rings is 1. The first kappa shape index (κ1) is 10.0. The number of para-hydroxylation sites is 1. The van der Waals surface area contributed by atoms with Crippen LogP contribution in [0.25, 0.3) is 10.9 Å². The van der Waals surface area contributed by atoms with Crippen LogP contribution in [-0.2, 0) is 4.79 Å². The van der Waals surface area contributed by atoms with Crippen molar-refractivity contribution in [1.29, 1.82) is 0 Å². The van der Waals surface area contributed by atoms with Crippen molar-refractivity contribution in [3.8, 4) is 0 Å². The Morgan fingerprint density at radius 3 is 2.82 bits per heavy atom. The van der Waals surface area contributed by atoms with Crippen LogP contribution in [0.15, 0.2) is 30.5 Å². The molecule has 1 aliphatic rings. The van der Waals surface area contributed by atoms with Gasteiger partial charge in [-0.3, -0.25) is 0 Å². The van der Waals surface area contributed by atoms with E-state index in [9.17, 15) is 4.79 Å². The number of anilines is 1. The van der Waals surface area contributed by atoms with Crippen molar-refractivity contribution < 1.29 is 9.90 Å². The second-order valence-electron chi connectivity index (χ2n) is 4.26. The highest BCUT2D eigenvalue weighted by atomic mass is 16.4. The molecule has 0 saturated heterocycles. The minimum absolute atomic E-state index is 0.378. The summed E-state index contributed by atoms with van der Waals surface area (Å²) < 4.78 is 0. The third-order valence-corrected chi connectivity index (χ3v) is 3.00. The van der Waals surface area contributed by atoms with Crippen molar-refractivity contribution in [2.45, 2.75) is 18.4 Å². The molecule has 1 fully saturated rings. The van der Waals surface area contributed by atoms with E-state index in [1.54, 1.807) is 6.20 Å². The Morgan fingerprint density at radius 2 is 2.12 bits per heavy atom. The van der Waals surface area contributed by atoms with Crippen LogP contribution in [0.4, 0.5) is 5.95 Å². The van der Waals surface area contributed by atoms with Crippen LogP contribution in [-0.4, -0.2) is 26.6 Å². The van der Waals surface area contributed by atoms with Crippen LogP contribution in [0, 0.1) is 0 Å². The number of nitrogens with one attached hydrogen (secondary N) is 1. The van der Waals surface area contributed by atoms with E-state index in [1.165, 1.54) is 0 Å². The summed E-state index contributed by atoms with van der Waals surface area (Å²) in [4.78, 5) is 19.5. The molecular weight excluding hydrogens is 218 g/mol. The van der Waals surface area contributed by atoms with Crippen molar-refractivity contribution in [1.82, 2.24) is 9.97 Å². The maximum absolute atomic E-state index is 11.0. The minimum Gasteiger partial charge on any atom is -0.480 e. The molecule has 0 aliphatic heterocycles. The molecule has 0 atom stereocenters. The SMILES string of the molecule is O=C(O)C1(Nc2ncc3ccccc3n2)CC1. The van der Waals surface area contributed by atoms with E-state index in [0.717, 1.165) is 10.9 Å². The normalized spacial score (nSPS) is 16.7. The maximum atomic E-state index is 11.0. The highest BCUT2D eigenvalue weighted by Gasteiger charge is 2.51. The first-order chi connectivity index (χ1) is 8.20. The van der Waals surface area contributed by atoms with Gasteiger partial charge >= 0.3 is 5.97 Å². The molecule has 17 heavy (non-hydrogen) atoms. The zero-order valence-corrected chi connectivity index (χ0v) is 9.05. The molecule has 1 aromatic carbocycles. The van der Waals surface area contributed by atoms with Crippen LogP contribution in [0.1, 0.15) is 12.8 Å². The summed E-state index contributed by atoms with van der Waals surface area (Å²) in [5, 5.41) is 12.9. The summed E-state index contributed by atoms with van der Waals surface area (Å²) in [6.45, 7) is 0. The molecule has 0 unspecified atom stereocenters. The molecule has 0 radical (unpaired) electrons. The Kier molecular flexibility index (Phi) is 2.01. The van der Waals surface area contributed by atoms with E-state index in [-0.39, 0.29) is 0 Å². The maximum Gasteiger partial charge on any atom is 0.329 e. The van der Waals surface area contributed by atoms with E-state index in [1.807, 2.05) is 24.3 Å². The molecule has 86 valence electrons. The first-order valence-corrected chi connectivity index (χ1v) is 5.43. The van der Waals surface area contributed by atoms with E-state index in [4.69, 9.17) is 5.11 Å². The topological polar surface area (TPSA) is 75.1 Å². The number of aromatic nitrogens is 2. The second-order valence-corrected chi connectivity index (χ2v) is 4.26. The Bertz CT molecular complexity index is 593. The average molecular weight is 229 g/mol. The Morgan fingerprint density at radius 1 is 1.35 bits per heavy atom. The van der Waals surface area contributed by atoms with Crippen LogP contribution < -0.4 is 5.32 Å². The molecule has 1 heterocycles. The number of nitrogens with zero attached hydrogens (tertiary/aromatic N) is 2. The van der Waals surface area contributed by atoms with Crippen LogP contribution in [0.3, 0.4) is 0 Å². The fraction of sp³-hybridized carbons (Fsp3) is 0.250. The summed E-state index contributed by atoms with van der Waals surface area (Å²) in [5.41, 5.74) is -0.0335. The van der Waals surface area contributed by atoms with Crippen molar-refractivity contribution in [2.24, 2.45) is 0 Å². The number of hydrogen-bond acceptors (Lipinski definition) is 4. The van der Waals surface area contributed by atoms with Gasteiger partial charge < -0.3 is 10.4 Å². The Labute approximate surface area is 97.5 Å². The van der Waals surface area contributed by atoms with Crippen LogP contribution >= 0.6 is 0 Å². The summed E-state index contributed by atoms with van der Waals surface area (Å²) in [6.07, 6.45) is 2.94. The zero-order valence-electron chi connectivity index (χ0n) is 9.05. The molecular formula is C12H11N3O2. The lowest BCUT2D eigenvalue weighted by Crippen LogP contribution is -2.32. The number of rotatable bonds is 3. The predicted molar refractivity (Wildman–Crippen MR) is 62.8 cm³/mol. The lowest BCUT2D eigenvalue weighted by Gasteiger charge is -2.12. The third-order valence-electron chi connectivity index (χ3n) is 3.00. The molecule has 1 saturated carbocycles. The number of fused-ring (bicyclic) bond motifs is 1. The van der Waals surface area contributed by atoms with Crippen LogP contribution in [0.5, 0.6) is 0 Å². The third kappa shape index (κ3) is 1.69. The Balaban J connectivity index is 1.94. The van der Waals surface area contributed by atoms with Gasteiger partial charge in [0, 0.05) is 11.6 Å². The first-order valence-electron chi connectivity index (χ1n) is 5.43. The van der Waals surface area contributed by atoms with Crippen molar-refractivity contribution >= 4 is 22.8 Å². The van der Waals surface area contributed by atoms with Crippen molar-refractivity contribution in [3.05, 3.63) is 30.5 Å².